The molecule has 11 heteroatoms. The molecule has 0 amide bonds. The van der Waals surface area contributed by atoms with E-state index in [0.717, 1.165) is 0 Å². The number of rotatable bonds is 7. The number of aliphatic hydroxyl groups is 2. The molecule has 0 spiro atoms. The number of carbonyl (C=O) groups excluding carboxylic acids is 1. The fourth-order valence-corrected chi connectivity index (χ4v) is 2.40. The second-order valence-electron chi connectivity index (χ2n) is 7.03. The monoisotopic (exact) mass is 410 g/mol. The summed E-state index contributed by atoms with van der Waals surface area (Å²) < 4.78 is 31.2. The number of carboxylic acids is 1. The Morgan fingerprint density at radius 2 is 1.33 bits per heavy atom. The van der Waals surface area contributed by atoms with Crippen LogP contribution in [-0.4, -0.2) is 67.4 Å². The van der Waals surface area contributed by atoms with Crippen molar-refractivity contribution in [1.29, 1.82) is 0 Å². The molecule has 2 saturated carbocycles. The summed E-state index contributed by atoms with van der Waals surface area (Å²) in [6.07, 6.45) is 0.417. The summed E-state index contributed by atoms with van der Waals surface area (Å²) in [7, 11) is 0. The fraction of sp³-hybridized carbons (Fsp3) is 0.875. The van der Waals surface area contributed by atoms with E-state index in [1.54, 1.807) is 6.92 Å². The first-order valence-corrected chi connectivity index (χ1v) is 7.99. The third kappa shape index (κ3) is 8.68. The predicted octanol–water partition coefficient (Wildman–Crippen LogP) is -2.09. The molecular weight excluding hydrogens is 381 g/mol. The van der Waals surface area contributed by atoms with Gasteiger partial charge < -0.3 is 31.0 Å². The van der Waals surface area contributed by atoms with Gasteiger partial charge in [-0.25, -0.2) is 8.78 Å². The third-order valence-electron chi connectivity index (χ3n) is 4.60. The van der Waals surface area contributed by atoms with Crippen molar-refractivity contribution >= 4 is 11.9 Å². The minimum atomic E-state index is -1.70. The third-order valence-corrected chi connectivity index (χ3v) is 4.60. The Balaban J connectivity index is -0.000000388. The summed E-state index contributed by atoms with van der Waals surface area (Å²) >= 11 is 0. The number of alkyl halides is 2. The second-order valence-corrected chi connectivity index (χ2v) is 7.03. The summed E-state index contributed by atoms with van der Waals surface area (Å²) in [6, 6.07) is 0. The molecule has 0 aliphatic heterocycles. The number of aliphatic carboxylic acids is 1. The van der Waals surface area contributed by atoms with Gasteiger partial charge in [-0.1, -0.05) is 0 Å². The fourth-order valence-electron chi connectivity index (χ4n) is 2.40. The van der Waals surface area contributed by atoms with E-state index in [0.29, 0.717) is 12.8 Å². The SMILES string of the molecule is CC(O)(CC(=O)O)C1(F)CC1.CCOC(=O)CC(C)(O)C1(F)CC1.O.[Na+].[OH-]. The van der Waals surface area contributed by atoms with Crippen LogP contribution in [0.3, 0.4) is 0 Å². The quantitative estimate of drug-likeness (QED) is 0.320. The second kappa shape index (κ2) is 11.0. The molecular formula is C16H29F2NaO8. The number of carbonyl (C=O) groups is 2. The van der Waals surface area contributed by atoms with Crippen molar-refractivity contribution in [2.45, 2.75) is 81.8 Å². The molecule has 156 valence electrons. The minimum Gasteiger partial charge on any atom is -0.870 e. The van der Waals surface area contributed by atoms with Crippen molar-refractivity contribution in [3.05, 3.63) is 0 Å². The van der Waals surface area contributed by atoms with E-state index in [1.807, 2.05) is 0 Å². The Labute approximate surface area is 179 Å². The van der Waals surface area contributed by atoms with Crippen LogP contribution < -0.4 is 29.6 Å². The number of hydrogen-bond acceptors (Lipinski definition) is 6. The zero-order chi connectivity index (χ0) is 18.8. The summed E-state index contributed by atoms with van der Waals surface area (Å²) in [4.78, 5) is 21.1. The first-order chi connectivity index (χ1) is 10.8. The molecule has 0 aromatic heterocycles. The Hall–Kier alpha value is -0.360. The Kier molecular flexibility index (Phi) is 12.8. The van der Waals surface area contributed by atoms with Crippen LogP contribution in [0.2, 0.25) is 0 Å². The number of esters is 1. The van der Waals surface area contributed by atoms with Gasteiger partial charge in [0.05, 0.1) is 19.4 Å². The van der Waals surface area contributed by atoms with Gasteiger partial charge in [-0.15, -0.1) is 0 Å². The summed E-state index contributed by atoms with van der Waals surface area (Å²) in [5.41, 5.74) is -6.48. The molecule has 2 fully saturated rings. The number of hydrogen-bond donors (Lipinski definition) is 3. The number of ether oxygens (including phenoxy) is 1. The van der Waals surface area contributed by atoms with Crippen molar-refractivity contribution in [2.24, 2.45) is 0 Å². The van der Waals surface area contributed by atoms with E-state index in [2.05, 4.69) is 4.74 Å². The van der Waals surface area contributed by atoms with E-state index >= 15 is 0 Å². The van der Waals surface area contributed by atoms with Gasteiger partial charge in [-0.2, -0.15) is 0 Å². The molecule has 2 aliphatic rings. The first kappa shape index (κ1) is 31.3. The van der Waals surface area contributed by atoms with Gasteiger partial charge >= 0.3 is 41.5 Å². The maximum atomic E-state index is 13.4. The first-order valence-electron chi connectivity index (χ1n) is 7.99. The van der Waals surface area contributed by atoms with E-state index < -0.39 is 40.9 Å². The van der Waals surface area contributed by atoms with Crippen molar-refractivity contribution in [1.82, 2.24) is 0 Å². The van der Waals surface area contributed by atoms with Crippen LogP contribution >= 0.6 is 0 Å². The molecule has 27 heavy (non-hydrogen) atoms. The zero-order valence-electron chi connectivity index (χ0n) is 16.2. The molecule has 2 aliphatic carbocycles. The predicted molar refractivity (Wildman–Crippen MR) is 86.4 cm³/mol. The maximum absolute atomic E-state index is 13.4. The van der Waals surface area contributed by atoms with Crippen molar-refractivity contribution in [3.63, 3.8) is 0 Å². The van der Waals surface area contributed by atoms with Crippen LogP contribution in [0.1, 0.15) is 59.3 Å². The van der Waals surface area contributed by atoms with Gasteiger partial charge in [0.2, 0.25) is 0 Å². The normalized spacial score (nSPS) is 21.7. The van der Waals surface area contributed by atoms with Gasteiger partial charge in [0.1, 0.15) is 22.5 Å². The largest absolute Gasteiger partial charge is 1.00 e. The van der Waals surface area contributed by atoms with Crippen LogP contribution in [0.15, 0.2) is 0 Å². The molecule has 0 bridgehead atoms. The van der Waals surface area contributed by atoms with E-state index in [9.17, 15) is 28.6 Å². The smallest absolute Gasteiger partial charge is 0.870 e. The molecule has 0 aromatic carbocycles. The summed E-state index contributed by atoms with van der Waals surface area (Å²) in [5, 5.41) is 27.3. The van der Waals surface area contributed by atoms with Gasteiger partial charge in [0.15, 0.2) is 0 Å². The van der Waals surface area contributed by atoms with Crippen molar-refractivity contribution < 1.29 is 78.9 Å². The van der Waals surface area contributed by atoms with Gasteiger partial charge in [-0.3, -0.25) is 9.59 Å². The molecule has 0 heterocycles. The molecule has 0 saturated heterocycles. The maximum Gasteiger partial charge on any atom is 1.00 e. The molecule has 8 nitrogen and oxygen atoms in total. The molecule has 2 rings (SSSR count). The minimum absolute atomic E-state index is 0. The number of halogens is 2. The molecule has 2 atom stereocenters. The van der Waals surface area contributed by atoms with Crippen LogP contribution in [-0.2, 0) is 14.3 Å². The summed E-state index contributed by atoms with van der Waals surface area (Å²) in [6.45, 7) is 4.51. The van der Waals surface area contributed by atoms with Gasteiger partial charge in [-0.05, 0) is 46.5 Å². The Bertz CT molecular complexity index is 491. The van der Waals surface area contributed by atoms with Crippen LogP contribution in [0.4, 0.5) is 8.78 Å². The summed E-state index contributed by atoms with van der Waals surface area (Å²) in [5.74, 6) is -1.71. The van der Waals surface area contributed by atoms with Crippen LogP contribution in [0, 0.1) is 0 Å². The Morgan fingerprint density at radius 1 is 1.00 bits per heavy atom. The average molecular weight is 410 g/mol. The van der Waals surface area contributed by atoms with Crippen molar-refractivity contribution in [2.75, 3.05) is 6.61 Å². The zero-order valence-corrected chi connectivity index (χ0v) is 18.2. The molecule has 0 radical (unpaired) electrons. The molecule has 0 aromatic rings. The van der Waals surface area contributed by atoms with Crippen LogP contribution in [0.5, 0.6) is 0 Å². The molecule has 6 N–H and O–H groups in total. The van der Waals surface area contributed by atoms with Gasteiger partial charge in [0, 0.05) is 0 Å². The Morgan fingerprint density at radius 3 is 1.59 bits per heavy atom. The van der Waals surface area contributed by atoms with Crippen LogP contribution in [0.25, 0.3) is 0 Å². The van der Waals surface area contributed by atoms with Crippen molar-refractivity contribution in [3.8, 4) is 0 Å². The van der Waals surface area contributed by atoms with E-state index in [-0.39, 0.29) is 66.4 Å². The topological polar surface area (TPSA) is 166 Å². The number of carboxylic acid groups (broad SMARTS) is 1. The average Bonchev–Trinajstić information content (AvgIpc) is 3.28. The molecule has 2 unspecified atom stereocenters. The van der Waals surface area contributed by atoms with Gasteiger partial charge in [0.25, 0.3) is 0 Å². The van der Waals surface area contributed by atoms with E-state index in [1.165, 1.54) is 13.8 Å². The van der Waals surface area contributed by atoms with E-state index in [4.69, 9.17) is 5.11 Å². The standard InChI is InChI=1S/C9H15FO3.C7H11FO3.Na.2H2O/c1-3-13-7(11)6-8(2,12)9(10)4-5-9;1-6(11,4-5(9)10)7(8)2-3-7;;;/h12H,3-6H2,1-2H3;11H,2-4H2,1H3,(H,9,10);;2*1H2/q;;+1;;/p-1.